The van der Waals surface area contributed by atoms with Crippen LogP contribution < -0.4 is 10.5 Å². The maximum atomic E-state index is 12.1. The quantitative estimate of drug-likeness (QED) is 0.709. The van der Waals surface area contributed by atoms with Gasteiger partial charge in [0.15, 0.2) is 0 Å². The van der Waals surface area contributed by atoms with Gasteiger partial charge in [0, 0.05) is 30.4 Å². The van der Waals surface area contributed by atoms with E-state index in [2.05, 4.69) is 5.32 Å². The van der Waals surface area contributed by atoms with Crippen molar-refractivity contribution in [2.75, 3.05) is 5.32 Å². The third-order valence-electron chi connectivity index (χ3n) is 3.87. The highest BCUT2D eigenvalue weighted by Gasteiger charge is 2.07. The Hall–Kier alpha value is -2.64. The Morgan fingerprint density at radius 2 is 1.76 bits per heavy atom. The summed E-state index contributed by atoms with van der Waals surface area (Å²) in [7, 11) is -3.55. The Morgan fingerprint density at radius 3 is 2.48 bits per heavy atom. The van der Waals surface area contributed by atoms with Crippen molar-refractivity contribution >= 4 is 32.5 Å². The van der Waals surface area contributed by atoms with E-state index in [9.17, 15) is 13.2 Å². The number of sulfonamides is 1. The Bertz CT molecular complexity index is 992. The molecule has 0 aliphatic carbocycles. The molecule has 7 heteroatoms. The molecule has 3 rings (SSSR count). The number of anilines is 1. The standard InChI is InChI=1S/C18H19N3O3S/c19-25(23,24)13-14-5-7-16(8-6-14)20-18(22)10-12-21-11-9-15-3-1-2-4-17(15)21/h1-9,11H,10,12-13H2,(H,20,22)(H2,19,23,24). The summed E-state index contributed by atoms with van der Waals surface area (Å²) in [5.41, 5.74) is 2.31. The second kappa shape index (κ2) is 7.08. The summed E-state index contributed by atoms with van der Waals surface area (Å²) >= 11 is 0. The van der Waals surface area contributed by atoms with E-state index in [0.29, 0.717) is 24.2 Å². The van der Waals surface area contributed by atoms with Gasteiger partial charge in [0.05, 0.1) is 5.75 Å². The van der Waals surface area contributed by atoms with Crippen LogP contribution >= 0.6 is 0 Å². The fraction of sp³-hybridized carbons (Fsp3) is 0.167. The van der Waals surface area contributed by atoms with E-state index < -0.39 is 10.0 Å². The largest absolute Gasteiger partial charge is 0.347 e. The minimum absolute atomic E-state index is 0.100. The number of carbonyl (C=O) groups is 1. The second-order valence-electron chi connectivity index (χ2n) is 5.87. The van der Waals surface area contributed by atoms with Gasteiger partial charge < -0.3 is 9.88 Å². The van der Waals surface area contributed by atoms with Crippen molar-refractivity contribution < 1.29 is 13.2 Å². The molecule has 6 nitrogen and oxygen atoms in total. The van der Waals surface area contributed by atoms with E-state index in [0.717, 1.165) is 10.9 Å². The fourth-order valence-corrected chi connectivity index (χ4v) is 3.35. The average Bonchev–Trinajstić information content (AvgIpc) is 2.97. The van der Waals surface area contributed by atoms with Crippen LogP contribution in [0.1, 0.15) is 12.0 Å². The highest BCUT2D eigenvalue weighted by Crippen LogP contribution is 2.16. The highest BCUT2D eigenvalue weighted by atomic mass is 32.2. The molecular weight excluding hydrogens is 338 g/mol. The third kappa shape index (κ3) is 4.68. The van der Waals surface area contributed by atoms with E-state index in [1.165, 1.54) is 0 Å². The Morgan fingerprint density at radius 1 is 1.04 bits per heavy atom. The normalized spacial score (nSPS) is 11.6. The smallest absolute Gasteiger partial charge is 0.226 e. The zero-order valence-corrected chi connectivity index (χ0v) is 14.4. The van der Waals surface area contributed by atoms with Gasteiger partial charge in [-0.2, -0.15) is 0 Å². The van der Waals surface area contributed by atoms with Gasteiger partial charge >= 0.3 is 0 Å². The van der Waals surface area contributed by atoms with Crippen molar-refractivity contribution in [2.45, 2.75) is 18.7 Å². The third-order valence-corrected chi connectivity index (χ3v) is 4.60. The minimum atomic E-state index is -3.55. The summed E-state index contributed by atoms with van der Waals surface area (Å²) in [6.07, 6.45) is 2.32. The molecule has 25 heavy (non-hydrogen) atoms. The summed E-state index contributed by atoms with van der Waals surface area (Å²) in [4.78, 5) is 12.1. The first-order chi connectivity index (χ1) is 11.9. The van der Waals surface area contributed by atoms with Crippen LogP contribution in [0.25, 0.3) is 10.9 Å². The molecule has 1 aromatic heterocycles. The predicted molar refractivity (Wildman–Crippen MR) is 98.4 cm³/mol. The van der Waals surface area contributed by atoms with Gasteiger partial charge in [0.25, 0.3) is 0 Å². The Balaban J connectivity index is 1.57. The number of benzene rings is 2. The molecule has 0 spiro atoms. The molecule has 0 aliphatic rings. The van der Waals surface area contributed by atoms with Crippen LogP contribution in [0.15, 0.2) is 60.8 Å². The zero-order valence-electron chi connectivity index (χ0n) is 13.6. The number of nitrogens with one attached hydrogen (secondary N) is 1. The number of aryl methyl sites for hydroxylation is 1. The molecule has 3 aromatic rings. The number of fused-ring (bicyclic) bond motifs is 1. The van der Waals surface area contributed by atoms with Crippen LogP contribution in [0.5, 0.6) is 0 Å². The molecular formula is C18H19N3O3S. The molecule has 3 N–H and O–H groups in total. The highest BCUT2D eigenvalue weighted by molar-refractivity contribution is 7.88. The van der Waals surface area contributed by atoms with Crippen LogP contribution in [0.2, 0.25) is 0 Å². The van der Waals surface area contributed by atoms with E-state index >= 15 is 0 Å². The molecule has 0 atom stereocenters. The SMILES string of the molecule is NS(=O)(=O)Cc1ccc(NC(=O)CCn2ccc3ccccc32)cc1. The lowest BCUT2D eigenvalue weighted by Crippen LogP contribution is -2.15. The number of para-hydroxylation sites is 1. The van der Waals surface area contributed by atoms with E-state index in [4.69, 9.17) is 5.14 Å². The number of nitrogens with zero attached hydrogens (tertiary/aromatic N) is 1. The van der Waals surface area contributed by atoms with E-state index in [1.807, 2.05) is 41.1 Å². The van der Waals surface area contributed by atoms with Gasteiger partial charge in [-0.15, -0.1) is 0 Å². The number of rotatable bonds is 6. The van der Waals surface area contributed by atoms with Crippen molar-refractivity contribution in [3.63, 3.8) is 0 Å². The molecule has 2 aromatic carbocycles. The van der Waals surface area contributed by atoms with Crippen molar-refractivity contribution in [3.8, 4) is 0 Å². The molecule has 1 amide bonds. The topological polar surface area (TPSA) is 94.2 Å². The van der Waals surface area contributed by atoms with Crippen LogP contribution in [-0.2, 0) is 27.1 Å². The van der Waals surface area contributed by atoms with Crippen LogP contribution in [0.3, 0.4) is 0 Å². The van der Waals surface area contributed by atoms with Gasteiger partial charge in [0.2, 0.25) is 15.9 Å². The van der Waals surface area contributed by atoms with E-state index in [1.54, 1.807) is 24.3 Å². The van der Waals surface area contributed by atoms with Crippen molar-refractivity contribution in [3.05, 3.63) is 66.4 Å². The summed E-state index contributed by atoms with van der Waals surface area (Å²) in [5.74, 6) is -0.320. The summed E-state index contributed by atoms with van der Waals surface area (Å²) in [6.45, 7) is 0.586. The van der Waals surface area contributed by atoms with Gasteiger partial charge in [-0.25, -0.2) is 13.6 Å². The number of carbonyl (C=O) groups excluding carboxylic acids is 1. The molecule has 0 aliphatic heterocycles. The maximum absolute atomic E-state index is 12.1. The Kier molecular flexibility index (Phi) is 4.87. The molecule has 0 bridgehead atoms. The summed E-state index contributed by atoms with van der Waals surface area (Å²) in [6, 6.07) is 16.7. The lowest BCUT2D eigenvalue weighted by molar-refractivity contribution is -0.116. The fourth-order valence-electron chi connectivity index (χ4n) is 2.70. The zero-order chi connectivity index (χ0) is 17.9. The lowest BCUT2D eigenvalue weighted by atomic mass is 10.2. The average molecular weight is 357 g/mol. The molecule has 130 valence electrons. The number of nitrogens with two attached hydrogens (primary N) is 1. The van der Waals surface area contributed by atoms with Crippen LogP contribution in [0, 0.1) is 0 Å². The van der Waals surface area contributed by atoms with Crippen molar-refractivity contribution in [1.82, 2.24) is 4.57 Å². The van der Waals surface area contributed by atoms with Gasteiger partial charge in [0.1, 0.15) is 0 Å². The van der Waals surface area contributed by atoms with Crippen LogP contribution in [-0.4, -0.2) is 18.9 Å². The number of primary sulfonamides is 1. The monoisotopic (exact) mass is 357 g/mol. The molecule has 0 saturated carbocycles. The molecule has 1 heterocycles. The minimum Gasteiger partial charge on any atom is -0.347 e. The molecule has 0 radical (unpaired) electrons. The molecule has 0 saturated heterocycles. The first-order valence-corrected chi connectivity index (χ1v) is 9.55. The van der Waals surface area contributed by atoms with Crippen molar-refractivity contribution in [2.24, 2.45) is 5.14 Å². The molecule has 0 unspecified atom stereocenters. The van der Waals surface area contributed by atoms with Gasteiger partial charge in [-0.1, -0.05) is 30.3 Å². The first-order valence-electron chi connectivity index (χ1n) is 7.84. The van der Waals surface area contributed by atoms with Crippen LogP contribution in [0.4, 0.5) is 5.69 Å². The Labute approximate surface area is 146 Å². The number of hydrogen-bond donors (Lipinski definition) is 2. The number of hydrogen-bond acceptors (Lipinski definition) is 3. The predicted octanol–water partition coefficient (Wildman–Crippen LogP) is 2.46. The van der Waals surface area contributed by atoms with Gasteiger partial charge in [-0.05, 0) is 35.2 Å². The summed E-state index contributed by atoms with van der Waals surface area (Å²) < 4.78 is 24.2. The number of aromatic nitrogens is 1. The lowest BCUT2D eigenvalue weighted by Gasteiger charge is -2.08. The second-order valence-corrected chi connectivity index (χ2v) is 7.48. The summed E-state index contributed by atoms with van der Waals surface area (Å²) in [5, 5.41) is 8.97. The molecule has 0 fully saturated rings. The van der Waals surface area contributed by atoms with Gasteiger partial charge in [-0.3, -0.25) is 4.79 Å². The first kappa shape index (κ1) is 17.2. The number of amides is 1. The van der Waals surface area contributed by atoms with Crippen molar-refractivity contribution in [1.29, 1.82) is 0 Å². The maximum Gasteiger partial charge on any atom is 0.226 e. The van der Waals surface area contributed by atoms with E-state index in [-0.39, 0.29) is 11.7 Å².